The van der Waals surface area contributed by atoms with Crippen molar-refractivity contribution in [2.24, 2.45) is 0 Å². The van der Waals surface area contributed by atoms with E-state index in [2.05, 4.69) is 0 Å². The molecule has 23 heavy (non-hydrogen) atoms. The highest BCUT2D eigenvalue weighted by molar-refractivity contribution is 7.92. The summed E-state index contributed by atoms with van der Waals surface area (Å²) in [6.45, 7) is 1.72. The molecule has 0 heterocycles. The van der Waals surface area contributed by atoms with Gasteiger partial charge in [-0.3, -0.25) is 4.72 Å². The number of hydrogen-bond acceptors (Lipinski definition) is 2. The molecule has 2 rings (SSSR count). The van der Waals surface area contributed by atoms with Gasteiger partial charge in [0.1, 0.15) is 11.6 Å². The number of sulfonamides is 1. The van der Waals surface area contributed by atoms with Crippen LogP contribution in [0.5, 0.6) is 0 Å². The highest BCUT2D eigenvalue weighted by Gasteiger charge is 2.35. The maximum atomic E-state index is 13.7. The Bertz CT molecular complexity index is 829. The fourth-order valence-electron chi connectivity index (χ4n) is 1.76. The Hall–Kier alpha value is -2.16. The van der Waals surface area contributed by atoms with Gasteiger partial charge in [-0.1, -0.05) is 17.7 Å². The van der Waals surface area contributed by atoms with Gasteiger partial charge >= 0.3 is 6.18 Å². The lowest BCUT2D eigenvalue weighted by Gasteiger charge is -2.12. The van der Waals surface area contributed by atoms with Crippen LogP contribution >= 0.6 is 0 Å². The predicted octanol–water partition coefficient (Wildman–Crippen LogP) is 4.09. The summed E-state index contributed by atoms with van der Waals surface area (Å²) in [5.41, 5.74) is -1.94. The molecule has 0 radical (unpaired) electrons. The van der Waals surface area contributed by atoms with Gasteiger partial charge in [-0.2, -0.15) is 13.2 Å². The van der Waals surface area contributed by atoms with Gasteiger partial charge in [0, 0.05) is 6.07 Å². The Morgan fingerprint density at radius 3 is 2.04 bits per heavy atom. The molecule has 0 saturated heterocycles. The molecule has 0 fully saturated rings. The summed E-state index contributed by atoms with van der Waals surface area (Å²) in [5, 5.41) is 0. The Morgan fingerprint density at radius 2 is 1.52 bits per heavy atom. The number of nitrogens with one attached hydrogen (secondary N) is 1. The van der Waals surface area contributed by atoms with Crippen LogP contribution in [0.3, 0.4) is 0 Å². The normalized spacial score (nSPS) is 12.3. The number of benzene rings is 2. The van der Waals surface area contributed by atoms with Crippen molar-refractivity contribution in [1.29, 1.82) is 0 Å². The molecule has 0 saturated carbocycles. The molecule has 2 aromatic rings. The summed E-state index contributed by atoms with van der Waals surface area (Å²) in [7, 11) is -4.26. The average Bonchev–Trinajstić information content (AvgIpc) is 2.41. The number of aryl methyl sites for hydroxylation is 1. The third kappa shape index (κ3) is 3.79. The zero-order chi connectivity index (χ0) is 17.4. The zero-order valence-corrected chi connectivity index (χ0v) is 12.4. The van der Waals surface area contributed by atoms with Crippen LogP contribution in [-0.2, 0) is 16.2 Å². The van der Waals surface area contributed by atoms with Crippen molar-refractivity contribution in [1.82, 2.24) is 0 Å². The molecule has 0 amide bonds. The maximum absolute atomic E-state index is 13.7. The van der Waals surface area contributed by atoms with Crippen molar-refractivity contribution in [3.05, 3.63) is 59.2 Å². The molecule has 0 aliphatic heterocycles. The molecule has 124 valence electrons. The van der Waals surface area contributed by atoms with E-state index in [4.69, 9.17) is 0 Å². The SMILES string of the molecule is Cc1ccc(S(=O)(=O)Nc2cc(F)c(C(F)(F)F)cc2F)cc1. The van der Waals surface area contributed by atoms with E-state index in [1.807, 2.05) is 0 Å². The van der Waals surface area contributed by atoms with Gasteiger partial charge in [0.2, 0.25) is 0 Å². The Balaban J connectivity index is 2.40. The van der Waals surface area contributed by atoms with Crippen LogP contribution in [0, 0.1) is 18.6 Å². The smallest absolute Gasteiger partial charge is 0.277 e. The summed E-state index contributed by atoms with van der Waals surface area (Å²) < 4.78 is 90.3. The Morgan fingerprint density at radius 1 is 0.957 bits per heavy atom. The number of halogens is 5. The van der Waals surface area contributed by atoms with E-state index >= 15 is 0 Å². The molecule has 0 spiro atoms. The van der Waals surface area contributed by atoms with Crippen LogP contribution in [0.25, 0.3) is 0 Å². The molecule has 9 heteroatoms. The second-order valence-corrected chi connectivity index (χ2v) is 6.41. The Labute approximate surface area is 128 Å². The lowest BCUT2D eigenvalue weighted by Crippen LogP contribution is -2.16. The van der Waals surface area contributed by atoms with E-state index < -0.39 is 39.1 Å². The minimum absolute atomic E-state index is 0.0949. The van der Waals surface area contributed by atoms with Crippen molar-refractivity contribution in [2.45, 2.75) is 18.0 Å². The summed E-state index contributed by atoms with van der Waals surface area (Å²) in [5.74, 6) is -3.31. The van der Waals surface area contributed by atoms with Gasteiger partial charge in [-0.05, 0) is 25.1 Å². The fourth-order valence-corrected chi connectivity index (χ4v) is 2.82. The van der Waals surface area contributed by atoms with Crippen LogP contribution in [0.1, 0.15) is 11.1 Å². The Kier molecular flexibility index (Phi) is 4.34. The van der Waals surface area contributed by atoms with Gasteiger partial charge in [-0.25, -0.2) is 17.2 Å². The minimum atomic E-state index is -5.08. The first-order valence-corrected chi connectivity index (χ1v) is 7.65. The summed E-state index contributed by atoms with van der Waals surface area (Å²) >= 11 is 0. The molecular weight excluding hydrogens is 341 g/mol. The van der Waals surface area contributed by atoms with E-state index in [1.165, 1.54) is 24.3 Å². The van der Waals surface area contributed by atoms with Crippen molar-refractivity contribution in [2.75, 3.05) is 4.72 Å². The molecule has 0 bridgehead atoms. The van der Waals surface area contributed by atoms with Crippen LogP contribution in [0.15, 0.2) is 41.3 Å². The van der Waals surface area contributed by atoms with E-state index in [0.29, 0.717) is 0 Å². The number of anilines is 1. The minimum Gasteiger partial charge on any atom is -0.277 e. The largest absolute Gasteiger partial charge is 0.419 e. The van der Waals surface area contributed by atoms with Crippen LogP contribution in [-0.4, -0.2) is 8.42 Å². The maximum Gasteiger partial charge on any atom is 0.419 e. The second kappa shape index (κ2) is 5.80. The molecule has 0 aliphatic carbocycles. The van der Waals surface area contributed by atoms with Crippen LogP contribution in [0.2, 0.25) is 0 Å². The number of rotatable bonds is 3. The lowest BCUT2D eigenvalue weighted by atomic mass is 10.2. The molecule has 1 N–H and O–H groups in total. The molecular formula is C14H10F5NO2S. The standard InChI is InChI=1S/C14H10F5NO2S/c1-8-2-4-9(5-3-8)23(21,22)20-13-7-11(15)10(6-12(13)16)14(17,18)19/h2-7,20H,1H3. The predicted molar refractivity (Wildman–Crippen MR) is 73.3 cm³/mol. The monoisotopic (exact) mass is 351 g/mol. The van der Waals surface area contributed by atoms with Crippen molar-refractivity contribution in [3.8, 4) is 0 Å². The summed E-state index contributed by atoms with van der Waals surface area (Å²) in [6.07, 6.45) is -5.08. The van der Waals surface area contributed by atoms with Gasteiger partial charge in [0.25, 0.3) is 10.0 Å². The van der Waals surface area contributed by atoms with Gasteiger partial charge in [-0.15, -0.1) is 0 Å². The molecule has 0 atom stereocenters. The quantitative estimate of drug-likeness (QED) is 0.847. The third-order valence-corrected chi connectivity index (χ3v) is 4.32. The highest BCUT2D eigenvalue weighted by atomic mass is 32.2. The van der Waals surface area contributed by atoms with Gasteiger partial charge < -0.3 is 0 Å². The van der Waals surface area contributed by atoms with Gasteiger partial charge in [0.05, 0.1) is 16.1 Å². The molecule has 0 unspecified atom stereocenters. The molecule has 0 aromatic heterocycles. The lowest BCUT2D eigenvalue weighted by molar-refractivity contribution is -0.140. The first-order valence-electron chi connectivity index (χ1n) is 6.16. The third-order valence-electron chi connectivity index (χ3n) is 2.94. The van der Waals surface area contributed by atoms with Crippen molar-refractivity contribution < 1.29 is 30.4 Å². The van der Waals surface area contributed by atoms with E-state index in [0.717, 1.165) is 5.56 Å². The van der Waals surface area contributed by atoms with Crippen molar-refractivity contribution >= 4 is 15.7 Å². The van der Waals surface area contributed by atoms with Crippen LogP contribution in [0.4, 0.5) is 27.6 Å². The zero-order valence-electron chi connectivity index (χ0n) is 11.6. The van der Waals surface area contributed by atoms with E-state index in [9.17, 15) is 30.4 Å². The topological polar surface area (TPSA) is 46.2 Å². The number of hydrogen-bond donors (Lipinski definition) is 1. The highest BCUT2D eigenvalue weighted by Crippen LogP contribution is 2.34. The van der Waals surface area contributed by atoms with Crippen LogP contribution < -0.4 is 4.72 Å². The second-order valence-electron chi connectivity index (χ2n) is 4.73. The summed E-state index contributed by atoms with van der Waals surface area (Å²) in [6, 6.07) is 5.49. The number of alkyl halides is 3. The van der Waals surface area contributed by atoms with Gasteiger partial charge in [0.15, 0.2) is 0 Å². The average molecular weight is 351 g/mol. The summed E-state index contributed by atoms with van der Waals surface area (Å²) in [4.78, 5) is -0.234. The van der Waals surface area contributed by atoms with Crippen molar-refractivity contribution in [3.63, 3.8) is 0 Å². The molecule has 2 aromatic carbocycles. The molecule has 0 aliphatic rings. The van der Waals surface area contributed by atoms with E-state index in [-0.39, 0.29) is 17.0 Å². The molecule has 3 nitrogen and oxygen atoms in total. The first-order chi connectivity index (χ1) is 10.5. The first kappa shape index (κ1) is 17.2. The van der Waals surface area contributed by atoms with E-state index in [1.54, 1.807) is 11.6 Å². The fraction of sp³-hybridized carbons (Fsp3) is 0.143.